The van der Waals surface area contributed by atoms with E-state index in [4.69, 9.17) is 4.18 Å². The van der Waals surface area contributed by atoms with Gasteiger partial charge in [0.05, 0.1) is 15.9 Å². The highest BCUT2D eigenvalue weighted by Crippen LogP contribution is 2.36. The zero-order valence-electron chi connectivity index (χ0n) is 13.9. The molecule has 0 saturated carbocycles. The van der Waals surface area contributed by atoms with E-state index in [-0.39, 0.29) is 26.2 Å². The largest absolute Gasteiger partial charge is 0.433 e. The van der Waals surface area contributed by atoms with E-state index in [1.807, 2.05) is 0 Å². The molecular formula is C15H10F3N3O5S2. The lowest BCUT2D eigenvalue weighted by atomic mass is 10.3. The van der Waals surface area contributed by atoms with E-state index in [1.165, 1.54) is 24.3 Å². The Morgan fingerprint density at radius 2 is 1.93 bits per heavy atom. The van der Waals surface area contributed by atoms with E-state index in [0.29, 0.717) is 16.0 Å². The zero-order valence-corrected chi connectivity index (χ0v) is 15.5. The summed E-state index contributed by atoms with van der Waals surface area (Å²) in [6, 6.07) is 7.88. The molecule has 3 aromatic rings. The van der Waals surface area contributed by atoms with Crippen molar-refractivity contribution in [1.82, 2.24) is 9.78 Å². The number of aromatic nitrogens is 2. The molecular weight excluding hydrogens is 423 g/mol. The number of aryl methyl sites for hydroxylation is 1. The monoisotopic (exact) mass is 433 g/mol. The van der Waals surface area contributed by atoms with Crippen LogP contribution < -0.4 is 4.18 Å². The topological polar surface area (TPSA) is 104 Å². The average Bonchev–Trinajstić information content (AvgIpc) is 3.21. The molecule has 0 unspecified atom stereocenters. The first-order valence-electron chi connectivity index (χ1n) is 7.38. The molecule has 0 bridgehead atoms. The van der Waals surface area contributed by atoms with Crippen molar-refractivity contribution in [2.24, 2.45) is 7.05 Å². The minimum atomic E-state index is -4.60. The molecule has 0 aliphatic heterocycles. The van der Waals surface area contributed by atoms with Gasteiger partial charge in [-0.2, -0.15) is 26.7 Å². The van der Waals surface area contributed by atoms with Crippen LogP contribution in [0.15, 0.2) is 46.7 Å². The van der Waals surface area contributed by atoms with Gasteiger partial charge in [0.25, 0.3) is 5.69 Å². The zero-order chi connectivity index (χ0) is 20.7. The van der Waals surface area contributed by atoms with Crippen LogP contribution in [-0.2, 0) is 23.3 Å². The molecule has 0 amide bonds. The van der Waals surface area contributed by atoms with Crippen molar-refractivity contribution in [3.05, 3.63) is 58.3 Å². The van der Waals surface area contributed by atoms with E-state index < -0.39 is 26.9 Å². The van der Waals surface area contributed by atoms with E-state index in [2.05, 4.69) is 5.10 Å². The van der Waals surface area contributed by atoms with Gasteiger partial charge in [-0.15, -0.1) is 11.3 Å². The number of non-ortho nitro benzene ring substituents is 1. The second kappa shape index (κ2) is 6.91. The van der Waals surface area contributed by atoms with Crippen molar-refractivity contribution in [2.45, 2.75) is 10.4 Å². The molecule has 0 atom stereocenters. The molecule has 0 radical (unpaired) electrons. The Morgan fingerprint density at radius 1 is 1.21 bits per heavy atom. The summed E-state index contributed by atoms with van der Waals surface area (Å²) in [5, 5.41) is 14.5. The van der Waals surface area contributed by atoms with Gasteiger partial charge >= 0.3 is 16.3 Å². The van der Waals surface area contributed by atoms with Crippen molar-refractivity contribution >= 4 is 27.1 Å². The Balaban J connectivity index is 1.89. The highest BCUT2D eigenvalue weighted by Gasteiger charge is 2.35. The van der Waals surface area contributed by atoms with Crippen LogP contribution in [0.5, 0.6) is 5.75 Å². The smallest absolute Gasteiger partial charge is 0.378 e. The number of hydrogen-bond donors (Lipinski definition) is 0. The van der Waals surface area contributed by atoms with Crippen LogP contribution >= 0.6 is 11.3 Å². The van der Waals surface area contributed by atoms with Crippen molar-refractivity contribution in [1.29, 1.82) is 0 Å². The van der Waals surface area contributed by atoms with Crippen LogP contribution in [0.25, 0.3) is 10.6 Å². The van der Waals surface area contributed by atoms with Crippen LogP contribution in [-0.4, -0.2) is 23.1 Å². The quantitative estimate of drug-likeness (QED) is 0.344. The minimum absolute atomic E-state index is 0.0448. The third-order valence-corrected chi connectivity index (χ3v) is 6.29. The van der Waals surface area contributed by atoms with Gasteiger partial charge in [-0.3, -0.25) is 14.8 Å². The summed E-state index contributed by atoms with van der Waals surface area (Å²) < 4.78 is 68.6. The maximum absolute atomic E-state index is 12.9. The maximum Gasteiger partial charge on any atom is 0.433 e. The first kappa shape index (κ1) is 19.8. The molecule has 3 rings (SSSR count). The SMILES string of the molecule is Cn1nc(-c2ccc(S(=O)(=O)Oc3cccc([N+](=O)[O-])c3)s2)cc1C(F)(F)F. The van der Waals surface area contributed by atoms with Gasteiger partial charge in [-0.05, 0) is 24.3 Å². The van der Waals surface area contributed by atoms with Gasteiger partial charge in [0, 0.05) is 13.1 Å². The Labute approximate surface area is 160 Å². The maximum atomic E-state index is 12.9. The fourth-order valence-corrected chi connectivity index (χ4v) is 4.41. The number of nitro groups is 1. The summed E-state index contributed by atoms with van der Waals surface area (Å²) in [6.07, 6.45) is -4.60. The minimum Gasteiger partial charge on any atom is -0.378 e. The molecule has 0 aliphatic carbocycles. The number of alkyl halides is 3. The van der Waals surface area contributed by atoms with E-state index in [9.17, 15) is 31.7 Å². The van der Waals surface area contributed by atoms with Crippen LogP contribution in [0.3, 0.4) is 0 Å². The van der Waals surface area contributed by atoms with Crippen LogP contribution in [0.1, 0.15) is 5.69 Å². The van der Waals surface area contributed by atoms with Crippen molar-refractivity contribution in [2.75, 3.05) is 0 Å². The average molecular weight is 433 g/mol. The lowest BCUT2D eigenvalue weighted by Gasteiger charge is -2.04. The Bertz CT molecular complexity index is 1150. The second-order valence-corrected chi connectivity index (χ2v) is 8.30. The lowest BCUT2D eigenvalue weighted by Crippen LogP contribution is -2.11. The first-order chi connectivity index (χ1) is 13.0. The molecule has 0 fully saturated rings. The van der Waals surface area contributed by atoms with Crippen LogP contribution in [0.4, 0.5) is 18.9 Å². The van der Waals surface area contributed by atoms with Gasteiger partial charge in [-0.1, -0.05) is 6.07 Å². The molecule has 0 saturated heterocycles. The number of nitro benzene ring substituents is 1. The molecule has 0 aliphatic rings. The number of benzene rings is 1. The van der Waals surface area contributed by atoms with Crippen molar-refractivity contribution < 1.29 is 30.7 Å². The van der Waals surface area contributed by atoms with Gasteiger partial charge in [-0.25, -0.2) is 0 Å². The molecule has 0 spiro atoms. The first-order valence-corrected chi connectivity index (χ1v) is 9.60. The number of halogens is 3. The number of rotatable bonds is 5. The predicted octanol–water partition coefficient (Wildman–Crippen LogP) is 3.84. The summed E-state index contributed by atoms with van der Waals surface area (Å²) in [4.78, 5) is 10.2. The fourth-order valence-electron chi connectivity index (χ4n) is 2.26. The van der Waals surface area contributed by atoms with Gasteiger partial charge in [0.2, 0.25) is 0 Å². The third-order valence-electron chi connectivity index (χ3n) is 3.48. The summed E-state index contributed by atoms with van der Waals surface area (Å²) in [5.74, 6) is -0.263. The summed E-state index contributed by atoms with van der Waals surface area (Å²) in [6.45, 7) is 0. The van der Waals surface area contributed by atoms with Gasteiger partial charge in [0.15, 0.2) is 4.21 Å². The lowest BCUT2D eigenvalue weighted by molar-refractivity contribution is -0.384. The Kier molecular flexibility index (Phi) is 4.89. The molecule has 0 N–H and O–H groups in total. The number of thiophene rings is 1. The van der Waals surface area contributed by atoms with E-state index in [0.717, 1.165) is 25.2 Å². The molecule has 2 aromatic heterocycles. The molecule has 2 heterocycles. The number of hydrogen-bond acceptors (Lipinski definition) is 7. The summed E-state index contributed by atoms with van der Waals surface area (Å²) in [5.41, 5.74) is -1.38. The predicted molar refractivity (Wildman–Crippen MR) is 92.4 cm³/mol. The highest BCUT2D eigenvalue weighted by atomic mass is 32.3. The second-order valence-electron chi connectivity index (χ2n) is 5.45. The van der Waals surface area contributed by atoms with Crippen molar-refractivity contribution in [3.63, 3.8) is 0 Å². The van der Waals surface area contributed by atoms with Gasteiger partial charge in [0.1, 0.15) is 17.1 Å². The number of nitrogens with zero attached hydrogens (tertiary/aromatic N) is 3. The molecule has 8 nitrogen and oxygen atoms in total. The van der Waals surface area contributed by atoms with Gasteiger partial charge < -0.3 is 4.18 Å². The fraction of sp³-hybridized carbons (Fsp3) is 0.133. The summed E-state index contributed by atoms with van der Waals surface area (Å²) >= 11 is 0.665. The standard InChI is InChI=1S/C15H10F3N3O5S2/c1-20-13(15(16,17)18)8-11(19-20)12-5-6-14(27-12)28(24,25)26-10-4-2-3-9(7-10)21(22)23/h2-8H,1H3. The van der Waals surface area contributed by atoms with Crippen molar-refractivity contribution in [3.8, 4) is 16.3 Å². The Hall–Kier alpha value is -2.93. The summed E-state index contributed by atoms with van der Waals surface area (Å²) in [7, 11) is -3.21. The molecule has 1 aromatic carbocycles. The molecule has 13 heteroatoms. The van der Waals surface area contributed by atoms with E-state index in [1.54, 1.807) is 0 Å². The molecule has 28 heavy (non-hydrogen) atoms. The van der Waals surface area contributed by atoms with Crippen LogP contribution in [0, 0.1) is 10.1 Å². The van der Waals surface area contributed by atoms with E-state index >= 15 is 0 Å². The molecule has 148 valence electrons. The highest BCUT2D eigenvalue weighted by molar-refractivity contribution is 7.89. The third kappa shape index (κ3) is 3.99. The normalized spacial score (nSPS) is 12.1. The van der Waals surface area contributed by atoms with Crippen LogP contribution in [0.2, 0.25) is 0 Å². The Morgan fingerprint density at radius 3 is 2.54 bits per heavy atom.